The van der Waals surface area contributed by atoms with Crippen molar-refractivity contribution in [3.05, 3.63) is 0 Å². The first kappa shape index (κ1) is 7.89. The van der Waals surface area contributed by atoms with Crippen LogP contribution in [-0.2, 0) is 0 Å². The van der Waals surface area contributed by atoms with E-state index in [1.165, 1.54) is 0 Å². The topological polar surface area (TPSA) is 12.0 Å². The minimum Gasteiger partial charge on any atom is -0.314 e. The molecule has 2 heteroatoms. The normalized spacial score (nSPS) is 14.6. The van der Waals surface area contributed by atoms with Gasteiger partial charge in [0.15, 0.2) is 0 Å². The van der Waals surface area contributed by atoms with Gasteiger partial charge in [0.25, 0.3) is 0 Å². The van der Waals surface area contributed by atoms with Crippen molar-refractivity contribution in [1.82, 2.24) is 5.32 Å². The molecule has 0 aliphatic carbocycles. The zero-order chi connectivity index (χ0) is 6.57. The van der Waals surface area contributed by atoms with Gasteiger partial charge in [0.05, 0.1) is 0 Å². The summed E-state index contributed by atoms with van der Waals surface area (Å²) in [6.45, 7) is 3.73. The Morgan fingerprint density at radius 1 is 1.50 bits per heavy atom. The Labute approximate surface area is 50.3 Å². The van der Waals surface area contributed by atoms with Crippen molar-refractivity contribution in [3.8, 4) is 0 Å². The van der Waals surface area contributed by atoms with E-state index in [0.29, 0.717) is 5.92 Å². The van der Waals surface area contributed by atoms with Crippen molar-refractivity contribution < 1.29 is 4.39 Å². The largest absolute Gasteiger partial charge is 0.314 e. The van der Waals surface area contributed by atoms with Gasteiger partial charge in [-0.1, -0.05) is 13.8 Å². The third kappa shape index (κ3) is 2.26. The molecule has 0 rings (SSSR count). The fraction of sp³-hybridized carbons (Fsp3) is 1.00. The van der Waals surface area contributed by atoms with Gasteiger partial charge in [-0.05, 0) is 13.0 Å². The van der Waals surface area contributed by atoms with Crippen LogP contribution in [0.5, 0.6) is 0 Å². The molecule has 0 aromatic heterocycles. The van der Waals surface area contributed by atoms with Crippen molar-refractivity contribution in [3.63, 3.8) is 0 Å². The Morgan fingerprint density at radius 3 is 2.00 bits per heavy atom. The van der Waals surface area contributed by atoms with E-state index >= 15 is 0 Å². The number of rotatable bonds is 3. The SMILES string of the molecule is CNC(CF)C(C)C. The molecule has 0 spiro atoms. The molecule has 0 radical (unpaired) electrons. The summed E-state index contributed by atoms with van der Waals surface area (Å²) in [4.78, 5) is 0. The van der Waals surface area contributed by atoms with Crippen LogP contribution >= 0.6 is 0 Å². The highest BCUT2D eigenvalue weighted by molar-refractivity contribution is 4.65. The van der Waals surface area contributed by atoms with Gasteiger partial charge in [0.2, 0.25) is 0 Å². The van der Waals surface area contributed by atoms with Gasteiger partial charge in [0.1, 0.15) is 6.67 Å². The molecule has 0 bridgehead atoms. The highest BCUT2D eigenvalue weighted by Gasteiger charge is 2.08. The lowest BCUT2D eigenvalue weighted by Crippen LogP contribution is -2.32. The molecule has 0 fully saturated rings. The number of alkyl halides is 1. The minimum absolute atomic E-state index is 0.0370. The van der Waals surface area contributed by atoms with E-state index in [-0.39, 0.29) is 12.7 Å². The van der Waals surface area contributed by atoms with Gasteiger partial charge in [-0.2, -0.15) is 0 Å². The average Bonchev–Trinajstić information content (AvgIpc) is 1.69. The summed E-state index contributed by atoms with van der Waals surface area (Å²) in [5.41, 5.74) is 0. The number of halogens is 1. The molecule has 0 aliphatic rings. The molecule has 1 nitrogen and oxygen atoms in total. The second kappa shape index (κ2) is 3.84. The van der Waals surface area contributed by atoms with E-state index in [2.05, 4.69) is 5.32 Å². The smallest absolute Gasteiger partial charge is 0.105 e. The second-order valence-corrected chi connectivity index (χ2v) is 2.29. The molecule has 1 atom stereocenters. The van der Waals surface area contributed by atoms with Crippen molar-refractivity contribution in [2.75, 3.05) is 13.7 Å². The van der Waals surface area contributed by atoms with Gasteiger partial charge in [0, 0.05) is 6.04 Å². The molecular weight excluding hydrogens is 105 g/mol. The summed E-state index contributed by atoms with van der Waals surface area (Å²) < 4.78 is 11.8. The molecule has 50 valence electrons. The third-order valence-corrected chi connectivity index (χ3v) is 1.34. The molecule has 0 amide bonds. The summed E-state index contributed by atoms with van der Waals surface area (Å²) >= 11 is 0. The molecule has 0 saturated heterocycles. The van der Waals surface area contributed by atoms with E-state index in [1.54, 1.807) is 7.05 Å². The molecule has 0 saturated carbocycles. The van der Waals surface area contributed by atoms with Gasteiger partial charge in [-0.25, -0.2) is 4.39 Å². The molecular formula is C6H14FN. The lowest BCUT2D eigenvalue weighted by Gasteiger charge is -2.14. The first-order chi connectivity index (χ1) is 3.72. The van der Waals surface area contributed by atoms with Crippen LogP contribution in [0.3, 0.4) is 0 Å². The van der Waals surface area contributed by atoms with Crippen molar-refractivity contribution in [1.29, 1.82) is 0 Å². The number of hydrogen-bond donors (Lipinski definition) is 1. The summed E-state index contributed by atoms with van der Waals surface area (Å²) in [6, 6.07) is 0.0370. The Kier molecular flexibility index (Phi) is 3.79. The van der Waals surface area contributed by atoms with Crippen LogP contribution in [-0.4, -0.2) is 19.8 Å². The average molecular weight is 119 g/mol. The maximum atomic E-state index is 11.8. The first-order valence-electron chi connectivity index (χ1n) is 2.95. The predicted molar refractivity (Wildman–Crippen MR) is 33.7 cm³/mol. The van der Waals surface area contributed by atoms with Crippen LogP contribution in [0.25, 0.3) is 0 Å². The number of nitrogens with one attached hydrogen (secondary N) is 1. The summed E-state index contributed by atoms with van der Waals surface area (Å²) in [5, 5.41) is 2.88. The first-order valence-corrected chi connectivity index (χ1v) is 2.95. The lowest BCUT2D eigenvalue weighted by molar-refractivity contribution is 0.326. The van der Waals surface area contributed by atoms with E-state index in [0.717, 1.165) is 0 Å². The van der Waals surface area contributed by atoms with Crippen molar-refractivity contribution in [2.24, 2.45) is 5.92 Å². The van der Waals surface area contributed by atoms with Crippen LogP contribution in [0.4, 0.5) is 4.39 Å². The third-order valence-electron chi connectivity index (χ3n) is 1.34. The van der Waals surface area contributed by atoms with Gasteiger partial charge in [-0.15, -0.1) is 0 Å². The molecule has 8 heavy (non-hydrogen) atoms. The molecule has 1 unspecified atom stereocenters. The fourth-order valence-electron chi connectivity index (χ4n) is 0.589. The molecule has 0 aromatic carbocycles. The fourth-order valence-corrected chi connectivity index (χ4v) is 0.589. The van der Waals surface area contributed by atoms with E-state index < -0.39 is 0 Å². The summed E-state index contributed by atoms with van der Waals surface area (Å²) in [6.07, 6.45) is 0. The van der Waals surface area contributed by atoms with Gasteiger partial charge < -0.3 is 5.32 Å². The molecule has 0 heterocycles. The zero-order valence-corrected chi connectivity index (χ0v) is 5.74. The van der Waals surface area contributed by atoms with Crippen molar-refractivity contribution >= 4 is 0 Å². The summed E-state index contributed by atoms with van der Waals surface area (Å²) in [5.74, 6) is 0.394. The Morgan fingerprint density at radius 2 is 2.00 bits per heavy atom. The number of hydrogen-bond acceptors (Lipinski definition) is 1. The Balaban J connectivity index is 3.35. The zero-order valence-electron chi connectivity index (χ0n) is 5.74. The van der Waals surface area contributed by atoms with Crippen molar-refractivity contribution in [2.45, 2.75) is 19.9 Å². The van der Waals surface area contributed by atoms with E-state index in [1.807, 2.05) is 13.8 Å². The van der Waals surface area contributed by atoms with Gasteiger partial charge >= 0.3 is 0 Å². The quantitative estimate of drug-likeness (QED) is 0.588. The van der Waals surface area contributed by atoms with Crippen LogP contribution in [0.1, 0.15) is 13.8 Å². The summed E-state index contributed by atoms with van der Waals surface area (Å²) in [7, 11) is 1.78. The van der Waals surface area contributed by atoms with E-state index in [9.17, 15) is 4.39 Å². The molecule has 1 N–H and O–H groups in total. The standard InChI is InChI=1S/C6H14FN/c1-5(2)6(4-7)8-3/h5-6,8H,4H2,1-3H3. The second-order valence-electron chi connectivity index (χ2n) is 2.29. The molecule has 0 aromatic rings. The van der Waals surface area contributed by atoms with E-state index in [4.69, 9.17) is 0 Å². The Hall–Kier alpha value is -0.110. The highest BCUT2D eigenvalue weighted by Crippen LogP contribution is 1.99. The highest BCUT2D eigenvalue weighted by atomic mass is 19.1. The Bertz CT molecular complexity index is 50.5. The maximum absolute atomic E-state index is 11.8. The van der Waals surface area contributed by atoms with Crippen LogP contribution < -0.4 is 5.32 Å². The van der Waals surface area contributed by atoms with Crippen LogP contribution in [0.2, 0.25) is 0 Å². The minimum atomic E-state index is -0.270. The molecule has 0 aliphatic heterocycles. The van der Waals surface area contributed by atoms with Crippen LogP contribution in [0.15, 0.2) is 0 Å². The monoisotopic (exact) mass is 119 g/mol. The van der Waals surface area contributed by atoms with Crippen LogP contribution in [0, 0.1) is 5.92 Å². The van der Waals surface area contributed by atoms with Gasteiger partial charge in [-0.3, -0.25) is 0 Å². The maximum Gasteiger partial charge on any atom is 0.105 e. The lowest BCUT2D eigenvalue weighted by atomic mass is 10.1. The predicted octanol–water partition coefficient (Wildman–Crippen LogP) is 1.20.